The lowest BCUT2D eigenvalue weighted by Gasteiger charge is -2.36. The van der Waals surface area contributed by atoms with Gasteiger partial charge in [0.1, 0.15) is 0 Å². The SMILES string of the molecule is CC1c2cccn2CCN1C(=O)[C@H]1CC[C@@H](C(=O)O)C1. The molecular formula is C15H20N2O3. The second kappa shape index (κ2) is 4.96. The molecule has 0 saturated heterocycles. The van der Waals surface area contributed by atoms with Gasteiger partial charge < -0.3 is 14.6 Å². The summed E-state index contributed by atoms with van der Waals surface area (Å²) in [6.45, 7) is 3.59. The molecule has 1 aromatic heterocycles. The highest BCUT2D eigenvalue weighted by Crippen LogP contribution is 2.35. The van der Waals surface area contributed by atoms with Crippen LogP contribution in [0.2, 0.25) is 0 Å². The van der Waals surface area contributed by atoms with E-state index in [4.69, 9.17) is 5.11 Å². The Bertz CT molecular complexity index is 537. The molecule has 3 atom stereocenters. The van der Waals surface area contributed by atoms with Crippen LogP contribution in [0.15, 0.2) is 18.3 Å². The van der Waals surface area contributed by atoms with E-state index in [1.54, 1.807) is 0 Å². The Balaban J connectivity index is 1.71. The van der Waals surface area contributed by atoms with Gasteiger partial charge in [0, 0.05) is 30.9 Å². The number of rotatable bonds is 2. The predicted molar refractivity (Wildman–Crippen MR) is 73.0 cm³/mol. The van der Waals surface area contributed by atoms with Crippen LogP contribution in [0.1, 0.15) is 37.9 Å². The van der Waals surface area contributed by atoms with Crippen molar-refractivity contribution in [1.29, 1.82) is 0 Å². The number of carboxylic acid groups (broad SMARTS) is 1. The van der Waals surface area contributed by atoms with Crippen LogP contribution in [0.25, 0.3) is 0 Å². The minimum absolute atomic E-state index is 0.0788. The summed E-state index contributed by atoms with van der Waals surface area (Å²) in [5, 5.41) is 9.05. The summed E-state index contributed by atoms with van der Waals surface area (Å²) in [6, 6.07) is 4.14. The molecule has 0 aromatic carbocycles. The molecule has 1 N–H and O–H groups in total. The van der Waals surface area contributed by atoms with Crippen LogP contribution in [0.5, 0.6) is 0 Å². The van der Waals surface area contributed by atoms with E-state index in [2.05, 4.69) is 10.6 Å². The van der Waals surface area contributed by atoms with Crippen molar-refractivity contribution in [1.82, 2.24) is 9.47 Å². The van der Waals surface area contributed by atoms with Crippen LogP contribution in [0, 0.1) is 11.8 Å². The molecule has 5 nitrogen and oxygen atoms in total. The number of carboxylic acids is 1. The average Bonchev–Trinajstić information content (AvgIpc) is 3.08. The first kappa shape index (κ1) is 13.2. The van der Waals surface area contributed by atoms with Crippen LogP contribution < -0.4 is 0 Å². The van der Waals surface area contributed by atoms with Gasteiger partial charge in [0.05, 0.1) is 12.0 Å². The minimum atomic E-state index is -0.763. The fraction of sp³-hybridized carbons (Fsp3) is 0.600. The van der Waals surface area contributed by atoms with E-state index in [1.807, 2.05) is 24.1 Å². The maximum Gasteiger partial charge on any atom is 0.306 e. The standard InChI is InChI=1S/C15H20N2O3/c1-10-13-3-2-6-16(13)7-8-17(10)14(18)11-4-5-12(9-11)15(19)20/h2-3,6,10-12H,4-5,7-9H2,1H3,(H,19,20)/t10?,11-,12+/m0/s1. The predicted octanol–water partition coefficient (Wildman–Crippen LogP) is 1.89. The molecule has 5 heteroatoms. The molecule has 1 amide bonds. The fourth-order valence-corrected chi connectivity index (χ4v) is 3.54. The van der Waals surface area contributed by atoms with Crippen molar-refractivity contribution in [2.24, 2.45) is 11.8 Å². The van der Waals surface area contributed by atoms with E-state index in [-0.39, 0.29) is 23.8 Å². The molecule has 20 heavy (non-hydrogen) atoms. The molecule has 1 fully saturated rings. The maximum atomic E-state index is 12.6. The van der Waals surface area contributed by atoms with Crippen molar-refractivity contribution >= 4 is 11.9 Å². The van der Waals surface area contributed by atoms with Gasteiger partial charge in [-0.15, -0.1) is 0 Å². The number of amides is 1. The summed E-state index contributed by atoms with van der Waals surface area (Å²) in [6.07, 6.45) is 3.88. The molecule has 0 bridgehead atoms. The summed E-state index contributed by atoms with van der Waals surface area (Å²) in [7, 11) is 0. The Morgan fingerprint density at radius 1 is 1.25 bits per heavy atom. The first-order valence-corrected chi connectivity index (χ1v) is 7.26. The number of aromatic nitrogens is 1. The quantitative estimate of drug-likeness (QED) is 0.897. The number of aliphatic carboxylic acids is 1. The Morgan fingerprint density at radius 2 is 2.00 bits per heavy atom. The summed E-state index contributed by atoms with van der Waals surface area (Å²) in [5.41, 5.74) is 1.16. The van der Waals surface area contributed by atoms with E-state index in [0.717, 1.165) is 18.8 Å². The van der Waals surface area contributed by atoms with Crippen LogP contribution in [0.3, 0.4) is 0 Å². The van der Waals surface area contributed by atoms with E-state index in [0.29, 0.717) is 19.3 Å². The second-order valence-electron chi connectivity index (χ2n) is 5.88. The summed E-state index contributed by atoms with van der Waals surface area (Å²) >= 11 is 0. The molecule has 2 heterocycles. The number of fused-ring (bicyclic) bond motifs is 1. The number of carbonyl (C=O) groups excluding carboxylic acids is 1. The number of hydrogen-bond donors (Lipinski definition) is 1. The molecule has 1 unspecified atom stereocenters. The van der Waals surface area contributed by atoms with Crippen LogP contribution in [-0.4, -0.2) is 33.0 Å². The highest BCUT2D eigenvalue weighted by molar-refractivity contribution is 5.81. The van der Waals surface area contributed by atoms with Crippen molar-refractivity contribution in [3.8, 4) is 0 Å². The maximum absolute atomic E-state index is 12.6. The largest absolute Gasteiger partial charge is 0.481 e. The van der Waals surface area contributed by atoms with Gasteiger partial charge in [-0.1, -0.05) is 0 Å². The van der Waals surface area contributed by atoms with Crippen molar-refractivity contribution in [2.75, 3.05) is 6.54 Å². The summed E-state index contributed by atoms with van der Waals surface area (Å²) < 4.78 is 2.18. The van der Waals surface area contributed by atoms with Gasteiger partial charge in [-0.25, -0.2) is 0 Å². The summed E-state index contributed by atoms with van der Waals surface area (Å²) in [4.78, 5) is 25.6. The Morgan fingerprint density at radius 3 is 2.70 bits per heavy atom. The minimum Gasteiger partial charge on any atom is -0.481 e. The summed E-state index contributed by atoms with van der Waals surface area (Å²) in [5.74, 6) is -1.08. The van der Waals surface area contributed by atoms with Gasteiger partial charge in [-0.2, -0.15) is 0 Å². The zero-order chi connectivity index (χ0) is 14.3. The number of carbonyl (C=O) groups is 2. The van der Waals surface area contributed by atoms with Crippen molar-refractivity contribution in [3.63, 3.8) is 0 Å². The van der Waals surface area contributed by atoms with E-state index < -0.39 is 5.97 Å². The number of hydrogen-bond acceptors (Lipinski definition) is 2. The topological polar surface area (TPSA) is 62.5 Å². The molecule has 2 aliphatic rings. The van der Waals surface area contributed by atoms with Crippen LogP contribution in [0.4, 0.5) is 0 Å². The zero-order valence-electron chi connectivity index (χ0n) is 11.7. The first-order valence-electron chi connectivity index (χ1n) is 7.26. The van der Waals surface area contributed by atoms with Gasteiger partial charge in [-0.3, -0.25) is 9.59 Å². The Hall–Kier alpha value is -1.78. The molecule has 3 rings (SSSR count). The van der Waals surface area contributed by atoms with Gasteiger partial charge in [0.25, 0.3) is 0 Å². The lowest BCUT2D eigenvalue weighted by molar-refractivity contribution is -0.142. The average molecular weight is 276 g/mol. The molecule has 0 spiro atoms. The van der Waals surface area contributed by atoms with Crippen LogP contribution >= 0.6 is 0 Å². The molecular weight excluding hydrogens is 256 g/mol. The Kier molecular flexibility index (Phi) is 3.28. The van der Waals surface area contributed by atoms with Crippen molar-refractivity contribution < 1.29 is 14.7 Å². The third kappa shape index (κ3) is 2.11. The van der Waals surface area contributed by atoms with E-state index >= 15 is 0 Å². The smallest absolute Gasteiger partial charge is 0.306 e. The number of nitrogens with zero attached hydrogens (tertiary/aromatic N) is 2. The fourth-order valence-electron chi connectivity index (χ4n) is 3.54. The third-order valence-electron chi connectivity index (χ3n) is 4.76. The molecule has 1 aromatic rings. The first-order chi connectivity index (χ1) is 9.58. The van der Waals surface area contributed by atoms with E-state index in [9.17, 15) is 9.59 Å². The second-order valence-corrected chi connectivity index (χ2v) is 5.88. The highest BCUT2D eigenvalue weighted by atomic mass is 16.4. The highest BCUT2D eigenvalue weighted by Gasteiger charge is 2.38. The zero-order valence-corrected chi connectivity index (χ0v) is 11.7. The van der Waals surface area contributed by atoms with Crippen molar-refractivity contribution in [2.45, 2.75) is 38.8 Å². The lowest BCUT2D eigenvalue weighted by Crippen LogP contribution is -2.43. The molecule has 1 aliphatic carbocycles. The van der Waals surface area contributed by atoms with Gasteiger partial charge in [0.15, 0.2) is 0 Å². The van der Waals surface area contributed by atoms with Gasteiger partial charge >= 0.3 is 5.97 Å². The van der Waals surface area contributed by atoms with Crippen molar-refractivity contribution in [3.05, 3.63) is 24.0 Å². The third-order valence-corrected chi connectivity index (χ3v) is 4.76. The Labute approximate surface area is 118 Å². The molecule has 1 saturated carbocycles. The van der Waals surface area contributed by atoms with E-state index in [1.165, 1.54) is 0 Å². The lowest BCUT2D eigenvalue weighted by atomic mass is 10.0. The monoisotopic (exact) mass is 276 g/mol. The normalized spacial score (nSPS) is 29.2. The molecule has 0 radical (unpaired) electrons. The van der Waals surface area contributed by atoms with Gasteiger partial charge in [-0.05, 0) is 38.3 Å². The molecule has 108 valence electrons. The molecule has 1 aliphatic heterocycles. The van der Waals surface area contributed by atoms with Crippen LogP contribution in [-0.2, 0) is 16.1 Å². The van der Waals surface area contributed by atoms with Gasteiger partial charge in [0.2, 0.25) is 5.91 Å².